The van der Waals surface area contributed by atoms with Gasteiger partial charge in [-0.2, -0.15) is 0 Å². The summed E-state index contributed by atoms with van der Waals surface area (Å²) in [6.45, 7) is 1.87. The van der Waals surface area contributed by atoms with Gasteiger partial charge in [0.1, 0.15) is 0 Å². The Morgan fingerprint density at radius 1 is 1.10 bits per heavy atom. The van der Waals surface area contributed by atoms with Gasteiger partial charge < -0.3 is 0 Å². The van der Waals surface area contributed by atoms with E-state index in [2.05, 4.69) is 0 Å². The summed E-state index contributed by atoms with van der Waals surface area (Å²) >= 11 is 5.89. The monoisotopic (exact) mass is 321 g/mol. The van der Waals surface area contributed by atoms with E-state index in [0.29, 0.717) is 16.3 Å². The van der Waals surface area contributed by atoms with Crippen LogP contribution in [0.1, 0.15) is 11.1 Å². The first-order chi connectivity index (χ1) is 9.89. The largest absolute Gasteiger partial charge is 0.273 e. The van der Waals surface area contributed by atoms with E-state index in [1.54, 1.807) is 30.3 Å². The zero-order valence-electron chi connectivity index (χ0n) is 11.2. The average molecular weight is 322 g/mol. The number of amides is 1. The molecular formula is C15H12ClNO3S. The Morgan fingerprint density at radius 3 is 2.43 bits per heavy atom. The van der Waals surface area contributed by atoms with Crippen molar-refractivity contribution in [3.05, 3.63) is 58.6 Å². The summed E-state index contributed by atoms with van der Waals surface area (Å²) in [6.07, 6.45) is 0.0426. The number of benzene rings is 2. The van der Waals surface area contributed by atoms with Crippen LogP contribution in [0.4, 0.5) is 5.69 Å². The normalized spacial score (nSPS) is 14.4. The molecule has 0 spiro atoms. The van der Waals surface area contributed by atoms with Gasteiger partial charge >= 0.3 is 0 Å². The van der Waals surface area contributed by atoms with Gasteiger partial charge in [0.25, 0.3) is 10.0 Å². The minimum Gasteiger partial charge on any atom is -0.273 e. The van der Waals surface area contributed by atoms with Gasteiger partial charge in [-0.15, -0.1) is 0 Å². The van der Waals surface area contributed by atoms with Gasteiger partial charge in [0.15, 0.2) is 0 Å². The molecule has 2 aromatic carbocycles. The van der Waals surface area contributed by atoms with Crippen LogP contribution >= 0.6 is 11.6 Å². The van der Waals surface area contributed by atoms with E-state index in [-0.39, 0.29) is 11.3 Å². The molecule has 1 aliphatic heterocycles. The molecule has 21 heavy (non-hydrogen) atoms. The molecular weight excluding hydrogens is 310 g/mol. The Balaban J connectivity index is 2.12. The summed E-state index contributed by atoms with van der Waals surface area (Å²) in [6, 6.07) is 11.2. The minimum absolute atomic E-state index is 0.0426. The molecule has 108 valence electrons. The smallest absolute Gasteiger partial charge is 0.270 e. The van der Waals surface area contributed by atoms with Crippen molar-refractivity contribution in [3.8, 4) is 0 Å². The number of carbonyl (C=O) groups is 1. The van der Waals surface area contributed by atoms with Crippen LogP contribution in [-0.2, 0) is 21.2 Å². The molecule has 0 atom stereocenters. The van der Waals surface area contributed by atoms with Gasteiger partial charge in [-0.1, -0.05) is 29.3 Å². The van der Waals surface area contributed by atoms with Crippen LogP contribution in [0.5, 0.6) is 0 Å². The van der Waals surface area contributed by atoms with Crippen molar-refractivity contribution in [1.29, 1.82) is 0 Å². The van der Waals surface area contributed by atoms with E-state index in [1.165, 1.54) is 12.1 Å². The van der Waals surface area contributed by atoms with E-state index >= 15 is 0 Å². The standard InChI is InChI=1S/C15H12ClNO3S/c1-10-2-5-13(6-3-10)21(19,20)17-14-7-4-12(16)8-11(14)9-15(17)18/h2-8H,9H2,1H3. The lowest BCUT2D eigenvalue weighted by Crippen LogP contribution is -2.33. The number of halogens is 1. The fourth-order valence-corrected chi connectivity index (χ4v) is 4.00. The Bertz CT molecular complexity index is 828. The number of anilines is 1. The third-order valence-electron chi connectivity index (χ3n) is 3.39. The number of nitrogens with zero attached hydrogens (tertiary/aromatic N) is 1. The summed E-state index contributed by atoms with van der Waals surface area (Å²) in [5.41, 5.74) is 1.96. The van der Waals surface area contributed by atoms with Crippen LogP contribution in [0.3, 0.4) is 0 Å². The molecule has 0 bridgehead atoms. The molecule has 0 saturated heterocycles. The topological polar surface area (TPSA) is 54.5 Å². The van der Waals surface area contributed by atoms with Gasteiger partial charge in [0, 0.05) is 5.02 Å². The molecule has 0 radical (unpaired) electrons. The highest BCUT2D eigenvalue weighted by Crippen LogP contribution is 2.35. The summed E-state index contributed by atoms with van der Waals surface area (Å²) in [4.78, 5) is 12.2. The first-order valence-corrected chi connectivity index (χ1v) is 8.14. The molecule has 0 fully saturated rings. The number of fused-ring (bicyclic) bond motifs is 1. The molecule has 4 nitrogen and oxygen atoms in total. The Morgan fingerprint density at radius 2 is 1.76 bits per heavy atom. The van der Waals surface area contributed by atoms with E-state index in [9.17, 15) is 13.2 Å². The zero-order valence-corrected chi connectivity index (χ0v) is 12.8. The maximum atomic E-state index is 12.7. The van der Waals surface area contributed by atoms with Crippen LogP contribution in [0, 0.1) is 6.92 Å². The maximum Gasteiger partial charge on any atom is 0.270 e. The van der Waals surface area contributed by atoms with Gasteiger partial charge in [0.05, 0.1) is 17.0 Å². The van der Waals surface area contributed by atoms with Gasteiger partial charge in [-0.05, 0) is 42.8 Å². The van der Waals surface area contributed by atoms with Crippen molar-refractivity contribution in [2.24, 2.45) is 0 Å². The molecule has 6 heteroatoms. The quantitative estimate of drug-likeness (QED) is 0.854. The lowest BCUT2D eigenvalue weighted by Gasteiger charge is -2.17. The van der Waals surface area contributed by atoms with E-state index in [4.69, 9.17) is 11.6 Å². The molecule has 1 aliphatic rings. The molecule has 0 aromatic heterocycles. The van der Waals surface area contributed by atoms with Crippen LogP contribution < -0.4 is 4.31 Å². The van der Waals surface area contributed by atoms with Crippen LogP contribution in [-0.4, -0.2) is 14.3 Å². The molecule has 0 N–H and O–H groups in total. The van der Waals surface area contributed by atoms with Crippen LogP contribution in [0.25, 0.3) is 0 Å². The first-order valence-electron chi connectivity index (χ1n) is 6.33. The molecule has 1 heterocycles. The van der Waals surface area contributed by atoms with Crippen molar-refractivity contribution in [2.45, 2.75) is 18.2 Å². The molecule has 0 saturated carbocycles. The molecule has 1 amide bonds. The van der Waals surface area contributed by atoms with Crippen molar-refractivity contribution in [3.63, 3.8) is 0 Å². The Kier molecular flexibility index (Phi) is 3.26. The van der Waals surface area contributed by atoms with Crippen LogP contribution in [0.2, 0.25) is 5.02 Å². The van der Waals surface area contributed by atoms with Crippen LogP contribution in [0.15, 0.2) is 47.4 Å². The SMILES string of the molecule is Cc1ccc(S(=O)(=O)N2C(=O)Cc3cc(Cl)ccc32)cc1. The average Bonchev–Trinajstić information content (AvgIpc) is 2.74. The summed E-state index contributed by atoms with van der Waals surface area (Å²) < 4.78 is 26.2. The maximum absolute atomic E-state index is 12.7. The second-order valence-corrected chi connectivity index (χ2v) is 7.15. The van der Waals surface area contributed by atoms with Gasteiger partial charge in [-0.25, -0.2) is 12.7 Å². The second-order valence-electron chi connectivity index (χ2n) is 4.93. The first kappa shape index (κ1) is 14.1. The highest BCUT2D eigenvalue weighted by molar-refractivity contribution is 7.93. The number of hydrogen-bond acceptors (Lipinski definition) is 3. The van der Waals surface area contributed by atoms with Crippen molar-refractivity contribution in [2.75, 3.05) is 4.31 Å². The predicted octanol–water partition coefficient (Wildman–Crippen LogP) is 2.93. The van der Waals surface area contributed by atoms with E-state index in [0.717, 1.165) is 9.87 Å². The number of aryl methyl sites for hydroxylation is 1. The molecule has 3 rings (SSSR count). The van der Waals surface area contributed by atoms with Gasteiger partial charge in [0.2, 0.25) is 5.91 Å². The fourth-order valence-electron chi connectivity index (χ4n) is 2.34. The van der Waals surface area contributed by atoms with Crippen molar-refractivity contribution >= 4 is 33.2 Å². The molecule has 2 aromatic rings. The van der Waals surface area contributed by atoms with Crippen molar-refractivity contribution in [1.82, 2.24) is 0 Å². The van der Waals surface area contributed by atoms with Gasteiger partial charge in [-0.3, -0.25) is 4.79 Å². The highest BCUT2D eigenvalue weighted by atomic mass is 35.5. The summed E-state index contributed by atoms with van der Waals surface area (Å²) in [5, 5.41) is 0.483. The minimum atomic E-state index is -3.89. The predicted molar refractivity (Wildman–Crippen MR) is 81.0 cm³/mol. The Hall–Kier alpha value is -1.85. The summed E-state index contributed by atoms with van der Waals surface area (Å²) in [7, 11) is -3.89. The molecule has 0 unspecified atom stereocenters. The Labute approximate surface area is 128 Å². The highest BCUT2D eigenvalue weighted by Gasteiger charge is 2.37. The fraction of sp³-hybridized carbons (Fsp3) is 0.133. The number of sulfonamides is 1. The third-order valence-corrected chi connectivity index (χ3v) is 5.37. The molecule has 0 aliphatic carbocycles. The number of carbonyl (C=O) groups excluding carboxylic acids is 1. The summed E-state index contributed by atoms with van der Waals surface area (Å²) in [5.74, 6) is -0.465. The van der Waals surface area contributed by atoms with E-state index < -0.39 is 15.9 Å². The number of hydrogen-bond donors (Lipinski definition) is 0. The van der Waals surface area contributed by atoms with E-state index in [1.807, 2.05) is 6.92 Å². The second kappa shape index (κ2) is 4.86. The third kappa shape index (κ3) is 2.32. The zero-order chi connectivity index (χ0) is 15.2. The lowest BCUT2D eigenvalue weighted by atomic mass is 10.2. The van der Waals surface area contributed by atoms with Crippen molar-refractivity contribution < 1.29 is 13.2 Å². The lowest BCUT2D eigenvalue weighted by molar-refractivity contribution is -0.116. The number of rotatable bonds is 2.